The van der Waals surface area contributed by atoms with Gasteiger partial charge in [0, 0.05) is 35.8 Å². The van der Waals surface area contributed by atoms with Crippen LogP contribution in [0.3, 0.4) is 0 Å². The molecule has 206 valence electrons. The minimum absolute atomic E-state index is 0.0329. The van der Waals surface area contributed by atoms with Gasteiger partial charge in [0.25, 0.3) is 10.0 Å². The van der Waals surface area contributed by atoms with Crippen LogP contribution in [-0.4, -0.2) is 53.6 Å². The van der Waals surface area contributed by atoms with Crippen LogP contribution in [0.1, 0.15) is 31.2 Å². The highest BCUT2D eigenvalue weighted by Crippen LogP contribution is 2.56. The lowest BCUT2D eigenvalue weighted by atomic mass is 9.92. The molecule has 3 aromatic heterocycles. The van der Waals surface area contributed by atoms with Crippen LogP contribution in [0, 0.1) is 12.7 Å². The molecule has 0 radical (unpaired) electrons. The van der Waals surface area contributed by atoms with Gasteiger partial charge in [-0.3, -0.25) is 4.57 Å². The van der Waals surface area contributed by atoms with E-state index in [4.69, 9.17) is 11.6 Å². The molecule has 39 heavy (non-hydrogen) atoms. The SMILES string of the molecule is Cc1ccc(S(=O)(=O)n2cc(-c3ncc(F)c(NC4CCCC(O)(P(=O)(O)O)C4)n3)c3cc(Cl)cnc32)cc1. The fourth-order valence-corrected chi connectivity index (χ4v) is 7.04. The quantitative estimate of drug-likeness (QED) is 0.239. The maximum Gasteiger partial charge on any atom is 0.356 e. The van der Waals surface area contributed by atoms with Crippen molar-refractivity contribution in [2.24, 2.45) is 0 Å². The van der Waals surface area contributed by atoms with Gasteiger partial charge in [-0.15, -0.1) is 0 Å². The minimum Gasteiger partial charge on any atom is -0.377 e. The fourth-order valence-electron chi connectivity index (χ4n) is 4.65. The third kappa shape index (κ3) is 5.18. The van der Waals surface area contributed by atoms with Crippen LogP contribution in [0.5, 0.6) is 0 Å². The van der Waals surface area contributed by atoms with E-state index < -0.39 is 34.8 Å². The van der Waals surface area contributed by atoms with Crippen molar-refractivity contribution in [2.75, 3.05) is 5.32 Å². The van der Waals surface area contributed by atoms with Crippen LogP contribution in [0.2, 0.25) is 5.02 Å². The highest BCUT2D eigenvalue weighted by Gasteiger charge is 2.48. The second-order valence-electron chi connectivity index (χ2n) is 9.54. The monoisotopic (exact) mass is 595 g/mol. The summed E-state index contributed by atoms with van der Waals surface area (Å²) in [6.07, 6.45) is 3.80. The Morgan fingerprint density at radius 2 is 1.92 bits per heavy atom. The number of anilines is 1. The largest absolute Gasteiger partial charge is 0.377 e. The molecule has 3 heterocycles. The smallest absolute Gasteiger partial charge is 0.356 e. The van der Waals surface area contributed by atoms with E-state index in [9.17, 15) is 32.3 Å². The summed E-state index contributed by atoms with van der Waals surface area (Å²) in [6, 6.07) is 7.11. The van der Waals surface area contributed by atoms with E-state index in [1.165, 1.54) is 30.6 Å². The zero-order valence-electron chi connectivity index (χ0n) is 20.5. The van der Waals surface area contributed by atoms with Crippen molar-refractivity contribution in [3.05, 3.63) is 65.3 Å². The zero-order chi connectivity index (χ0) is 28.2. The second kappa shape index (κ2) is 9.92. The van der Waals surface area contributed by atoms with Gasteiger partial charge in [0.1, 0.15) is 0 Å². The average Bonchev–Trinajstić information content (AvgIpc) is 3.24. The molecule has 4 aromatic rings. The summed E-state index contributed by atoms with van der Waals surface area (Å²) in [5.74, 6) is -1.14. The Kier molecular flexibility index (Phi) is 7.03. The van der Waals surface area contributed by atoms with E-state index >= 15 is 0 Å². The van der Waals surface area contributed by atoms with E-state index in [2.05, 4.69) is 20.3 Å². The van der Waals surface area contributed by atoms with Gasteiger partial charge in [0.2, 0.25) is 0 Å². The van der Waals surface area contributed by atoms with E-state index in [0.29, 0.717) is 18.2 Å². The third-order valence-electron chi connectivity index (χ3n) is 6.73. The van der Waals surface area contributed by atoms with Gasteiger partial charge in [-0.05, 0) is 44.4 Å². The first-order valence-corrected chi connectivity index (χ1v) is 15.3. The molecule has 1 saturated carbocycles. The van der Waals surface area contributed by atoms with Gasteiger partial charge < -0.3 is 20.2 Å². The fraction of sp³-hybridized carbons (Fsp3) is 0.292. The number of benzene rings is 1. The molecule has 5 rings (SSSR count). The zero-order valence-corrected chi connectivity index (χ0v) is 23.0. The Bertz CT molecular complexity index is 1730. The highest BCUT2D eigenvalue weighted by molar-refractivity contribution is 7.90. The van der Waals surface area contributed by atoms with Crippen molar-refractivity contribution in [1.29, 1.82) is 0 Å². The molecule has 11 nitrogen and oxygen atoms in total. The number of aryl methyl sites for hydroxylation is 1. The van der Waals surface area contributed by atoms with Gasteiger partial charge in [0.05, 0.1) is 16.1 Å². The van der Waals surface area contributed by atoms with Gasteiger partial charge in [-0.1, -0.05) is 29.3 Å². The predicted molar refractivity (Wildman–Crippen MR) is 142 cm³/mol. The number of nitrogens with zero attached hydrogens (tertiary/aromatic N) is 4. The number of nitrogens with one attached hydrogen (secondary N) is 1. The van der Waals surface area contributed by atoms with Crippen LogP contribution < -0.4 is 5.32 Å². The molecule has 1 aliphatic rings. The second-order valence-corrected chi connectivity index (χ2v) is 13.7. The van der Waals surface area contributed by atoms with E-state index in [1.54, 1.807) is 12.1 Å². The molecule has 15 heteroatoms. The average molecular weight is 596 g/mol. The number of aliphatic hydroxyl groups is 1. The predicted octanol–water partition coefficient (Wildman–Crippen LogP) is 4.05. The molecule has 0 spiro atoms. The number of hydrogen-bond acceptors (Lipinski definition) is 8. The van der Waals surface area contributed by atoms with Crippen LogP contribution in [0.4, 0.5) is 10.2 Å². The Hall–Kier alpha value is -2.93. The van der Waals surface area contributed by atoms with Crippen LogP contribution in [0.25, 0.3) is 22.4 Å². The number of aromatic nitrogens is 4. The molecule has 0 bridgehead atoms. The molecular weight excluding hydrogens is 572 g/mol. The van der Waals surface area contributed by atoms with Crippen molar-refractivity contribution in [3.63, 3.8) is 0 Å². The number of pyridine rings is 1. The first-order chi connectivity index (χ1) is 18.3. The maximum atomic E-state index is 14.8. The normalized spacial score (nSPS) is 20.3. The molecule has 1 aliphatic carbocycles. The lowest BCUT2D eigenvalue weighted by molar-refractivity contribution is 0.0506. The first kappa shape index (κ1) is 27.6. The van der Waals surface area contributed by atoms with Crippen molar-refractivity contribution < 1.29 is 32.3 Å². The Morgan fingerprint density at radius 1 is 1.21 bits per heavy atom. The molecule has 0 aliphatic heterocycles. The molecule has 1 aromatic carbocycles. The molecular formula is C24H24ClFN5O6PS. The Labute approximate surface area is 227 Å². The molecule has 4 N–H and O–H groups in total. The summed E-state index contributed by atoms with van der Waals surface area (Å²) >= 11 is 6.16. The summed E-state index contributed by atoms with van der Waals surface area (Å²) < 4.78 is 54.6. The third-order valence-corrected chi connectivity index (χ3v) is 10.1. The molecule has 2 unspecified atom stereocenters. The minimum atomic E-state index is -4.83. The van der Waals surface area contributed by atoms with Gasteiger partial charge in [-0.2, -0.15) is 0 Å². The molecule has 0 saturated heterocycles. The van der Waals surface area contributed by atoms with Crippen molar-refractivity contribution in [3.8, 4) is 11.4 Å². The number of hydrogen-bond donors (Lipinski definition) is 4. The van der Waals surface area contributed by atoms with Crippen LogP contribution in [-0.2, 0) is 14.6 Å². The highest BCUT2D eigenvalue weighted by atomic mass is 35.5. The first-order valence-electron chi connectivity index (χ1n) is 11.8. The summed E-state index contributed by atoms with van der Waals surface area (Å²) in [6.45, 7) is 1.83. The molecule has 0 amide bonds. The summed E-state index contributed by atoms with van der Waals surface area (Å²) in [5.41, 5.74) is 1.17. The Morgan fingerprint density at radius 3 is 2.62 bits per heavy atom. The van der Waals surface area contributed by atoms with Crippen molar-refractivity contribution in [1.82, 2.24) is 18.9 Å². The van der Waals surface area contributed by atoms with E-state index in [1.807, 2.05) is 6.92 Å². The molecule has 1 fully saturated rings. The molecule has 2 atom stereocenters. The van der Waals surface area contributed by atoms with E-state index in [0.717, 1.165) is 15.7 Å². The van der Waals surface area contributed by atoms with Crippen molar-refractivity contribution >= 4 is 46.1 Å². The Balaban J connectivity index is 1.57. The van der Waals surface area contributed by atoms with Gasteiger partial charge in [-0.25, -0.2) is 31.7 Å². The summed E-state index contributed by atoms with van der Waals surface area (Å²) in [5, 5.41) is 11.6. The topological polar surface area (TPSA) is 168 Å². The lowest BCUT2D eigenvalue weighted by Crippen LogP contribution is -2.40. The van der Waals surface area contributed by atoms with Crippen molar-refractivity contribution in [2.45, 2.75) is 48.9 Å². The van der Waals surface area contributed by atoms with Gasteiger partial charge >= 0.3 is 7.60 Å². The number of rotatable bonds is 6. The van der Waals surface area contributed by atoms with Gasteiger partial charge in [0.15, 0.2) is 28.4 Å². The van der Waals surface area contributed by atoms with E-state index in [-0.39, 0.29) is 45.6 Å². The summed E-state index contributed by atoms with van der Waals surface area (Å²) in [4.78, 5) is 31.7. The lowest BCUT2D eigenvalue weighted by Gasteiger charge is -2.37. The standard InChI is InChI=1S/C24H24ClFN5O6PS/c1-14-4-6-17(7-5-14)39(36,37)31-13-19(18-9-15(25)11-28-23(18)31)21-27-12-20(26)22(30-21)29-16-3-2-8-24(32,10-16)38(33,34)35/h4-7,9,11-13,16,32H,2-3,8,10H2,1H3,(H,27,29,30)(H2,33,34,35). The van der Waals surface area contributed by atoms with Crippen LogP contribution >= 0.6 is 19.2 Å². The number of halogens is 2. The van der Waals surface area contributed by atoms with Crippen LogP contribution in [0.15, 0.2) is 53.8 Å². The maximum absolute atomic E-state index is 14.8. The number of fused-ring (bicyclic) bond motifs is 1. The summed E-state index contributed by atoms with van der Waals surface area (Å²) in [7, 11) is -8.91.